The standard InChI is InChI=1S/C8H17NO/c1-3-9-5-4-8(2)10-7-6-9/h8H,3-7H2,1-2H3. The van der Waals surface area contributed by atoms with Crippen LogP contribution in [0, 0.1) is 0 Å². The van der Waals surface area contributed by atoms with Crippen molar-refractivity contribution < 1.29 is 4.74 Å². The Bertz CT molecular complexity index is 95.3. The Hall–Kier alpha value is -0.0800. The molecule has 0 radical (unpaired) electrons. The van der Waals surface area contributed by atoms with Gasteiger partial charge < -0.3 is 9.64 Å². The second kappa shape index (κ2) is 3.94. The van der Waals surface area contributed by atoms with Gasteiger partial charge in [0.2, 0.25) is 0 Å². The van der Waals surface area contributed by atoms with Gasteiger partial charge in [0.15, 0.2) is 0 Å². The summed E-state index contributed by atoms with van der Waals surface area (Å²) in [5.41, 5.74) is 0. The Morgan fingerprint density at radius 2 is 2.30 bits per heavy atom. The average Bonchev–Trinajstić information content (AvgIpc) is 2.14. The van der Waals surface area contributed by atoms with Gasteiger partial charge in [-0.3, -0.25) is 0 Å². The van der Waals surface area contributed by atoms with Crippen LogP contribution in [0.25, 0.3) is 0 Å². The monoisotopic (exact) mass is 143 g/mol. The topological polar surface area (TPSA) is 12.5 Å². The summed E-state index contributed by atoms with van der Waals surface area (Å²) in [5, 5.41) is 0. The highest BCUT2D eigenvalue weighted by Crippen LogP contribution is 2.04. The summed E-state index contributed by atoms with van der Waals surface area (Å²) in [4.78, 5) is 2.43. The Kier molecular flexibility index (Phi) is 3.16. The number of hydrogen-bond acceptors (Lipinski definition) is 2. The van der Waals surface area contributed by atoms with E-state index < -0.39 is 0 Å². The van der Waals surface area contributed by atoms with Crippen LogP contribution in [0.4, 0.5) is 0 Å². The first-order valence-corrected chi connectivity index (χ1v) is 4.17. The molecule has 0 aliphatic carbocycles. The van der Waals surface area contributed by atoms with Crippen molar-refractivity contribution in [3.63, 3.8) is 0 Å². The maximum Gasteiger partial charge on any atom is 0.0597 e. The zero-order valence-electron chi connectivity index (χ0n) is 6.97. The van der Waals surface area contributed by atoms with Gasteiger partial charge in [0.05, 0.1) is 12.7 Å². The minimum Gasteiger partial charge on any atom is -0.377 e. The molecular weight excluding hydrogens is 126 g/mol. The van der Waals surface area contributed by atoms with E-state index in [4.69, 9.17) is 4.74 Å². The number of rotatable bonds is 1. The van der Waals surface area contributed by atoms with Gasteiger partial charge >= 0.3 is 0 Å². The molecule has 0 aromatic carbocycles. The van der Waals surface area contributed by atoms with E-state index in [-0.39, 0.29) is 0 Å². The average molecular weight is 143 g/mol. The summed E-state index contributed by atoms with van der Waals surface area (Å²) in [6.45, 7) is 8.75. The minimum atomic E-state index is 0.469. The molecule has 1 rings (SSSR count). The third kappa shape index (κ3) is 2.27. The van der Waals surface area contributed by atoms with E-state index in [0.717, 1.165) is 19.7 Å². The van der Waals surface area contributed by atoms with Crippen LogP contribution in [-0.4, -0.2) is 37.2 Å². The lowest BCUT2D eigenvalue weighted by Gasteiger charge is -2.15. The van der Waals surface area contributed by atoms with Crippen LogP contribution >= 0.6 is 0 Å². The van der Waals surface area contributed by atoms with Gasteiger partial charge in [-0.2, -0.15) is 0 Å². The molecule has 2 nitrogen and oxygen atoms in total. The van der Waals surface area contributed by atoms with Crippen LogP contribution < -0.4 is 0 Å². The van der Waals surface area contributed by atoms with Crippen molar-refractivity contribution in [3.05, 3.63) is 0 Å². The molecule has 0 bridgehead atoms. The fourth-order valence-electron chi connectivity index (χ4n) is 1.26. The molecule has 1 saturated heterocycles. The quantitative estimate of drug-likeness (QED) is 0.545. The van der Waals surface area contributed by atoms with Crippen molar-refractivity contribution in [2.75, 3.05) is 26.2 Å². The van der Waals surface area contributed by atoms with Crippen molar-refractivity contribution in [1.29, 1.82) is 0 Å². The smallest absolute Gasteiger partial charge is 0.0597 e. The Balaban J connectivity index is 2.26. The fourth-order valence-corrected chi connectivity index (χ4v) is 1.26. The van der Waals surface area contributed by atoms with Crippen LogP contribution in [-0.2, 0) is 4.74 Å². The predicted molar refractivity (Wildman–Crippen MR) is 42.1 cm³/mol. The van der Waals surface area contributed by atoms with Gasteiger partial charge in [-0.05, 0) is 19.9 Å². The van der Waals surface area contributed by atoms with Gasteiger partial charge in [0, 0.05) is 13.1 Å². The minimum absolute atomic E-state index is 0.469. The maximum atomic E-state index is 5.49. The normalized spacial score (nSPS) is 30.0. The summed E-state index contributed by atoms with van der Waals surface area (Å²) >= 11 is 0. The van der Waals surface area contributed by atoms with E-state index >= 15 is 0 Å². The molecule has 2 heteroatoms. The molecule has 0 aromatic heterocycles. The first-order chi connectivity index (χ1) is 4.83. The van der Waals surface area contributed by atoms with Crippen LogP contribution in [0.3, 0.4) is 0 Å². The van der Waals surface area contributed by atoms with Gasteiger partial charge in [-0.25, -0.2) is 0 Å². The molecule has 60 valence electrons. The number of likely N-dealkylation sites (N-methyl/N-ethyl adjacent to an activating group) is 1. The van der Waals surface area contributed by atoms with E-state index in [1.165, 1.54) is 13.0 Å². The largest absolute Gasteiger partial charge is 0.377 e. The lowest BCUT2D eigenvalue weighted by atomic mass is 10.3. The van der Waals surface area contributed by atoms with Crippen molar-refractivity contribution in [2.45, 2.75) is 26.4 Å². The Labute approximate surface area is 63.2 Å². The highest BCUT2D eigenvalue weighted by molar-refractivity contribution is 4.63. The van der Waals surface area contributed by atoms with E-state index in [2.05, 4.69) is 18.7 Å². The summed E-state index contributed by atoms with van der Waals surface area (Å²) in [6.07, 6.45) is 1.66. The van der Waals surface area contributed by atoms with Crippen molar-refractivity contribution in [1.82, 2.24) is 4.90 Å². The molecule has 1 heterocycles. The zero-order valence-corrected chi connectivity index (χ0v) is 6.97. The van der Waals surface area contributed by atoms with Crippen molar-refractivity contribution in [3.8, 4) is 0 Å². The fraction of sp³-hybridized carbons (Fsp3) is 1.00. The molecular formula is C8H17NO. The third-order valence-electron chi connectivity index (χ3n) is 2.11. The summed E-state index contributed by atoms with van der Waals surface area (Å²) in [7, 11) is 0. The number of ether oxygens (including phenoxy) is 1. The molecule has 0 N–H and O–H groups in total. The number of hydrogen-bond donors (Lipinski definition) is 0. The molecule has 0 spiro atoms. The molecule has 1 aliphatic rings. The van der Waals surface area contributed by atoms with Gasteiger partial charge in [0.25, 0.3) is 0 Å². The molecule has 1 aliphatic heterocycles. The molecule has 1 atom stereocenters. The van der Waals surface area contributed by atoms with E-state index in [1.807, 2.05) is 0 Å². The molecule has 10 heavy (non-hydrogen) atoms. The Morgan fingerprint density at radius 1 is 1.50 bits per heavy atom. The second-order valence-electron chi connectivity index (χ2n) is 2.90. The van der Waals surface area contributed by atoms with E-state index in [1.54, 1.807) is 0 Å². The zero-order chi connectivity index (χ0) is 7.40. The van der Waals surface area contributed by atoms with Gasteiger partial charge in [0.1, 0.15) is 0 Å². The lowest BCUT2D eigenvalue weighted by Crippen LogP contribution is -2.25. The Morgan fingerprint density at radius 3 is 3.00 bits per heavy atom. The summed E-state index contributed by atoms with van der Waals surface area (Å²) < 4.78 is 5.49. The lowest BCUT2D eigenvalue weighted by molar-refractivity contribution is 0.0753. The van der Waals surface area contributed by atoms with Crippen LogP contribution in [0.2, 0.25) is 0 Å². The molecule has 1 unspecified atom stereocenters. The second-order valence-corrected chi connectivity index (χ2v) is 2.90. The van der Waals surface area contributed by atoms with Crippen molar-refractivity contribution in [2.24, 2.45) is 0 Å². The van der Waals surface area contributed by atoms with Crippen molar-refractivity contribution >= 4 is 0 Å². The predicted octanol–water partition coefficient (Wildman–Crippen LogP) is 1.12. The molecule has 0 aromatic rings. The SMILES string of the molecule is CCN1CCOC(C)CC1. The van der Waals surface area contributed by atoms with Crippen LogP contribution in [0.1, 0.15) is 20.3 Å². The third-order valence-corrected chi connectivity index (χ3v) is 2.11. The summed E-state index contributed by atoms with van der Waals surface area (Å²) in [5.74, 6) is 0. The maximum absolute atomic E-state index is 5.49. The van der Waals surface area contributed by atoms with E-state index in [9.17, 15) is 0 Å². The van der Waals surface area contributed by atoms with Gasteiger partial charge in [-0.15, -0.1) is 0 Å². The van der Waals surface area contributed by atoms with Gasteiger partial charge in [-0.1, -0.05) is 6.92 Å². The first-order valence-electron chi connectivity index (χ1n) is 4.17. The molecule has 1 fully saturated rings. The molecule has 0 saturated carbocycles. The highest BCUT2D eigenvalue weighted by atomic mass is 16.5. The highest BCUT2D eigenvalue weighted by Gasteiger charge is 2.11. The van der Waals surface area contributed by atoms with Crippen LogP contribution in [0.15, 0.2) is 0 Å². The first kappa shape index (κ1) is 8.02. The molecule has 0 amide bonds. The number of nitrogens with zero attached hydrogens (tertiary/aromatic N) is 1. The van der Waals surface area contributed by atoms with Crippen LogP contribution in [0.5, 0.6) is 0 Å². The van der Waals surface area contributed by atoms with E-state index in [0.29, 0.717) is 6.10 Å². The summed E-state index contributed by atoms with van der Waals surface area (Å²) in [6, 6.07) is 0.